The first-order valence-corrected chi connectivity index (χ1v) is 6.57. The number of nitrogens with zero attached hydrogens (tertiary/aromatic N) is 3. The third-order valence-electron chi connectivity index (χ3n) is 3.45. The van der Waals surface area contributed by atoms with Gasteiger partial charge in [-0.15, -0.1) is 0 Å². The summed E-state index contributed by atoms with van der Waals surface area (Å²) in [6.07, 6.45) is 3.70. The van der Waals surface area contributed by atoms with Crippen LogP contribution < -0.4 is 9.64 Å². The predicted molar refractivity (Wildman–Crippen MR) is 69.8 cm³/mol. The highest BCUT2D eigenvalue weighted by molar-refractivity contribution is 5.42. The van der Waals surface area contributed by atoms with Crippen molar-refractivity contribution in [1.82, 2.24) is 9.97 Å². The fraction of sp³-hybridized carbons (Fsp3) is 0.692. The summed E-state index contributed by atoms with van der Waals surface area (Å²) in [4.78, 5) is 10.6. The van der Waals surface area contributed by atoms with Crippen molar-refractivity contribution in [2.24, 2.45) is 5.92 Å². The Hall–Kier alpha value is -1.36. The van der Waals surface area contributed by atoms with Crippen LogP contribution in [0.1, 0.15) is 26.7 Å². The van der Waals surface area contributed by atoms with Gasteiger partial charge < -0.3 is 14.7 Å². The summed E-state index contributed by atoms with van der Waals surface area (Å²) in [6.45, 7) is 5.82. The minimum Gasteiger partial charge on any atom is -0.478 e. The van der Waals surface area contributed by atoms with Gasteiger partial charge in [-0.25, -0.2) is 9.97 Å². The lowest BCUT2D eigenvalue weighted by atomic mass is 9.94. The largest absolute Gasteiger partial charge is 0.478 e. The van der Waals surface area contributed by atoms with Gasteiger partial charge in [-0.1, -0.05) is 0 Å². The van der Waals surface area contributed by atoms with E-state index in [4.69, 9.17) is 4.74 Å². The van der Waals surface area contributed by atoms with Crippen LogP contribution in [0.15, 0.2) is 12.4 Å². The summed E-state index contributed by atoms with van der Waals surface area (Å²) >= 11 is 0. The molecule has 0 aliphatic carbocycles. The zero-order valence-electron chi connectivity index (χ0n) is 11.0. The van der Waals surface area contributed by atoms with Gasteiger partial charge in [0.15, 0.2) is 0 Å². The highest BCUT2D eigenvalue weighted by Crippen LogP contribution is 2.27. The molecule has 0 amide bonds. The van der Waals surface area contributed by atoms with E-state index in [0.29, 0.717) is 24.4 Å². The van der Waals surface area contributed by atoms with Gasteiger partial charge in [-0.05, 0) is 32.6 Å². The maximum Gasteiger partial charge on any atom is 0.218 e. The number of hydrogen-bond acceptors (Lipinski definition) is 5. The molecule has 1 aromatic rings. The zero-order chi connectivity index (χ0) is 13.0. The maximum atomic E-state index is 9.30. The van der Waals surface area contributed by atoms with Crippen molar-refractivity contribution in [2.75, 3.05) is 24.7 Å². The second-order valence-electron chi connectivity index (χ2n) is 4.77. The van der Waals surface area contributed by atoms with Crippen molar-refractivity contribution in [2.45, 2.75) is 32.7 Å². The number of anilines is 1. The van der Waals surface area contributed by atoms with Crippen LogP contribution >= 0.6 is 0 Å². The van der Waals surface area contributed by atoms with E-state index in [0.717, 1.165) is 25.2 Å². The van der Waals surface area contributed by atoms with Crippen LogP contribution in [0, 0.1) is 5.92 Å². The van der Waals surface area contributed by atoms with Gasteiger partial charge in [0, 0.05) is 25.3 Å². The van der Waals surface area contributed by atoms with E-state index in [-0.39, 0.29) is 6.61 Å². The Kier molecular flexibility index (Phi) is 4.36. The van der Waals surface area contributed by atoms with Gasteiger partial charge in [0.2, 0.25) is 5.88 Å². The molecule has 1 saturated heterocycles. The first kappa shape index (κ1) is 13.1. The summed E-state index contributed by atoms with van der Waals surface area (Å²) in [5, 5.41) is 9.30. The quantitative estimate of drug-likeness (QED) is 0.878. The fourth-order valence-electron chi connectivity index (χ4n) is 2.36. The van der Waals surface area contributed by atoms with Gasteiger partial charge in [0.1, 0.15) is 12.1 Å². The predicted octanol–water partition coefficient (Wildman–Crippen LogP) is 1.47. The van der Waals surface area contributed by atoms with Crippen LogP contribution in [-0.4, -0.2) is 40.9 Å². The molecular formula is C13H21N3O2. The number of ether oxygens (including phenoxy) is 1. The summed E-state index contributed by atoms with van der Waals surface area (Å²) in [7, 11) is 0. The topological polar surface area (TPSA) is 58.5 Å². The number of piperidine rings is 1. The Bertz CT molecular complexity index is 386. The van der Waals surface area contributed by atoms with Crippen molar-refractivity contribution in [1.29, 1.82) is 0 Å². The first-order chi connectivity index (χ1) is 8.74. The molecule has 0 saturated carbocycles. The van der Waals surface area contributed by atoms with Gasteiger partial charge in [-0.3, -0.25) is 0 Å². The lowest BCUT2D eigenvalue weighted by molar-refractivity contribution is 0.199. The average Bonchev–Trinajstić information content (AvgIpc) is 2.40. The molecular weight excluding hydrogens is 230 g/mol. The molecule has 0 spiro atoms. The van der Waals surface area contributed by atoms with Crippen LogP contribution in [0.3, 0.4) is 0 Å². The monoisotopic (exact) mass is 251 g/mol. The SMILES string of the molecule is CCOc1cc(N2C[C@@H](CO)CC[C@H]2C)ncn1. The van der Waals surface area contributed by atoms with Crippen LogP contribution in [-0.2, 0) is 0 Å². The molecule has 2 atom stereocenters. The first-order valence-electron chi connectivity index (χ1n) is 6.57. The Morgan fingerprint density at radius 3 is 3.00 bits per heavy atom. The Morgan fingerprint density at radius 1 is 1.44 bits per heavy atom. The summed E-state index contributed by atoms with van der Waals surface area (Å²) in [5.74, 6) is 1.84. The van der Waals surface area contributed by atoms with Crippen molar-refractivity contribution in [3.05, 3.63) is 12.4 Å². The van der Waals surface area contributed by atoms with E-state index in [2.05, 4.69) is 21.8 Å². The minimum atomic E-state index is 0.243. The number of aliphatic hydroxyl groups is 1. The molecule has 1 aliphatic heterocycles. The molecule has 5 nitrogen and oxygen atoms in total. The van der Waals surface area contributed by atoms with Gasteiger partial charge in [0.25, 0.3) is 0 Å². The minimum absolute atomic E-state index is 0.243. The van der Waals surface area contributed by atoms with Gasteiger partial charge in [-0.2, -0.15) is 0 Å². The molecule has 2 rings (SSSR count). The van der Waals surface area contributed by atoms with Crippen molar-refractivity contribution < 1.29 is 9.84 Å². The summed E-state index contributed by atoms with van der Waals surface area (Å²) < 4.78 is 5.40. The van der Waals surface area contributed by atoms with E-state index in [9.17, 15) is 5.11 Å². The Morgan fingerprint density at radius 2 is 2.28 bits per heavy atom. The molecule has 5 heteroatoms. The Labute approximate surface area is 108 Å². The van der Waals surface area contributed by atoms with E-state index in [1.54, 1.807) is 0 Å². The van der Waals surface area contributed by atoms with Crippen LogP contribution in [0.25, 0.3) is 0 Å². The normalized spacial score (nSPS) is 24.1. The van der Waals surface area contributed by atoms with E-state index < -0.39 is 0 Å². The van der Waals surface area contributed by atoms with Crippen LogP contribution in [0.4, 0.5) is 5.82 Å². The van der Waals surface area contributed by atoms with Gasteiger partial charge in [0.05, 0.1) is 6.61 Å². The third kappa shape index (κ3) is 2.90. The van der Waals surface area contributed by atoms with Crippen molar-refractivity contribution in [3.63, 3.8) is 0 Å². The number of aromatic nitrogens is 2. The van der Waals surface area contributed by atoms with Crippen molar-refractivity contribution in [3.8, 4) is 5.88 Å². The Balaban J connectivity index is 2.15. The number of rotatable bonds is 4. The molecule has 1 fully saturated rings. The standard InChI is InChI=1S/C13H21N3O2/c1-3-18-13-6-12(14-9-15-13)16-7-11(8-17)5-4-10(16)2/h6,9-11,17H,3-5,7-8H2,1-2H3/t10-,11+/m1/s1. The second-order valence-corrected chi connectivity index (χ2v) is 4.77. The van der Waals surface area contributed by atoms with Crippen LogP contribution in [0.5, 0.6) is 5.88 Å². The zero-order valence-corrected chi connectivity index (χ0v) is 11.0. The molecule has 1 N–H and O–H groups in total. The lowest BCUT2D eigenvalue weighted by Gasteiger charge is -2.38. The van der Waals surface area contributed by atoms with E-state index in [1.165, 1.54) is 6.33 Å². The lowest BCUT2D eigenvalue weighted by Crippen LogP contribution is -2.43. The smallest absolute Gasteiger partial charge is 0.218 e. The van der Waals surface area contributed by atoms with Crippen molar-refractivity contribution >= 4 is 5.82 Å². The molecule has 1 aliphatic rings. The fourth-order valence-corrected chi connectivity index (χ4v) is 2.36. The third-order valence-corrected chi connectivity index (χ3v) is 3.45. The molecule has 100 valence electrons. The van der Waals surface area contributed by atoms with Crippen LogP contribution in [0.2, 0.25) is 0 Å². The molecule has 0 unspecified atom stereocenters. The number of aliphatic hydroxyl groups excluding tert-OH is 1. The molecule has 0 radical (unpaired) electrons. The second kappa shape index (κ2) is 6.00. The van der Waals surface area contributed by atoms with E-state index in [1.807, 2.05) is 13.0 Å². The van der Waals surface area contributed by atoms with E-state index >= 15 is 0 Å². The molecule has 0 bridgehead atoms. The van der Waals surface area contributed by atoms with Gasteiger partial charge >= 0.3 is 0 Å². The maximum absolute atomic E-state index is 9.30. The highest BCUT2D eigenvalue weighted by Gasteiger charge is 2.26. The molecule has 0 aromatic carbocycles. The summed E-state index contributed by atoms with van der Waals surface area (Å²) in [5.41, 5.74) is 0. The average molecular weight is 251 g/mol. The summed E-state index contributed by atoms with van der Waals surface area (Å²) in [6, 6.07) is 2.32. The number of hydrogen-bond donors (Lipinski definition) is 1. The molecule has 1 aromatic heterocycles. The molecule has 18 heavy (non-hydrogen) atoms. The highest BCUT2D eigenvalue weighted by atomic mass is 16.5. The molecule has 2 heterocycles.